The minimum Gasteiger partial charge on any atom is -0.379 e. The van der Waals surface area contributed by atoms with Crippen molar-refractivity contribution in [3.63, 3.8) is 0 Å². The standard InChI is InChI=1S/C18H24N2O4/c1-13(17(19)21)16-8-4-5-9-23-10-11-24-12-14-6-2-3-7-15(14)18(22)20-16/h2-3,6-7,16H,1,4-5,8-12H2,(H2,19,21)(H,20,22)/t16-/m0/s1. The second-order valence-corrected chi connectivity index (χ2v) is 5.73. The molecule has 0 saturated carbocycles. The average molecular weight is 332 g/mol. The Bertz CT molecular complexity index is 600. The van der Waals surface area contributed by atoms with Gasteiger partial charge in [-0.3, -0.25) is 9.59 Å². The number of hydrogen-bond acceptors (Lipinski definition) is 4. The van der Waals surface area contributed by atoms with E-state index < -0.39 is 11.9 Å². The number of nitrogens with two attached hydrogens (primary N) is 1. The van der Waals surface area contributed by atoms with Crippen LogP contribution in [-0.4, -0.2) is 37.7 Å². The molecule has 0 fully saturated rings. The molecule has 0 aromatic heterocycles. The third-order valence-corrected chi connectivity index (χ3v) is 3.97. The van der Waals surface area contributed by atoms with Gasteiger partial charge in [0.1, 0.15) is 0 Å². The fourth-order valence-corrected chi connectivity index (χ4v) is 2.56. The summed E-state index contributed by atoms with van der Waals surface area (Å²) in [5.74, 6) is -0.857. The van der Waals surface area contributed by atoms with E-state index in [1.54, 1.807) is 12.1 Å². The van der Waals surface area contributed by atoms with Crippen molar-refractivity contribution in [1.29, 1.82) is 0 Å². The highest BCUT2D eigenvalue weighted by Crippen LogP contribution is 2.14. The number of carbonyl (C=O) groups is 2. The number of primary amides is 1. The summed E-state index contributed by atoms with van der Waals surface area (Å²) >= 11 is 0. The molecule has 0 saturated heterocycles. The first kappa shape index (κ1) is 18.2. The fraction of sp³-hybridized carbons (Fsp3) is 0.444. The summed E-state index contributed by atoms with van der Waals surface area (Å²) in [6.07, 6.45) is 2.21. The van der Waals surface area contributed by atoms with Crippen LogP contribution in [0.2, 0.25) is 0 Å². The van der Waals surface area contributed by atoms with Crippen LogP contribution < -0.4 is 11.1 Å². The van der Waals surface area contributed by atoms with Crippen molar-refractivity contribution < 1.29 is 19.1 Å². The molecule has 0 aliphatic carbocycles. The second-order valence-electron chi connectivity index (χ2n) is 5.73. The van der Waals surface area contributed by atoms with Crippen LogP contribution in [0.3, 0.4) is 0 Å². The number of fused-ring (bicyclic) bond motifs is 1. The SMILES string of the molecule is C=C(C(N)=O)[C@@H]1CCCCOCCOCc2ccccc2C(=O)N1. The second kappa shape index (κ2) is 9.20. The summed E-state index contributed by atoms with van der Waals surface area (Å²) in [6.45, 7) is 5.67. The molecular formula is C18H24N2O4. The predicted molar refractivity (Wildman–Crippen MR) is 90.4 cm³/mol. The molecule has 24 heavy (non-hydrogen) atoms. The molecule has 6 nitrogen and oxygen atoms in total. The maximum absolute atomic E-state index is 12.6. The Morgan fingerprint density at radius 1 is 1.17 bits per heavy atom. The summed E-state index contributed by atoms with van der Waals surface area (Å²) in [5, 5.41) is 2.87. The Labute approximate surface area is 142 Å². The average Bonchev–Trinajstić information content (AvgIpc) is 2.58. The maximum Gasteiger partial charge on any atom is 0.252 e. The monoisotopic (exact) mass is 332 g/mol. The zero-order valence-corrected chi connectivity index (χ0v) is 13.8. The van der Waals surface area contributed by atoms with Crippen molar-refractivity contribution in [3.05, 3.63) is 47.5 Å². The third kappa shape index (κ3) is 5.18. The van der Waals surface area contributed by atoms with Crippen LogP contribution in [0.5, 0.6) is 0 Å². The van der Waals surface area contributed by atoms with Crippen molar-refractivity contribution in [2.75, 3.05) is 19.8 Å². The molecule has 1 heterocycles. The van der Waals surface area contributed by atoms with E-state index >= 15 is 0 Å². The van der Waals surface area contributed by atoms with Gasteiger partial charge in [0, 0.05) is 17.7 Å². The molecule has 1 aliphatic rings. The van der Waals surface area contributed by atoms with E-state index in [2.05, 4.69) is 11.9 Å². The first-order valence-corrected chi connectivity index (χ1v) is 8.12. The van der Waals surface area contributed by atoms with E-state index in [1.165, 1.54) is 0 Å². The van der Waals surface area contributed by atoms with Gasteiger partial charge in [0.05, 0.1) is 25.9 Å². The number of nitrogens with one attached hydrogen (secondary N) is 1. The predicted octanol–water partition coefficient (Wildman–Crippen LogP) is 1.54. The van der Waals surface area contributed by atoms with E-state index in [0.29, 0.717) is 38.4 Å². The molecule has 1 aromatic carbocycles. The number of rotatable bonds is 2. The highest BCUT2D eigenvalue weighted by Gasteiger charge is 2.21. The minimum atomic E-state index is -0.603. The smallest absolute Gasteiger partial charge is 0.252 e. The zero-order chi connectivity index (χ0) is 17.4. The quantitative estimate of drug-likeness (QED) is 0.804. The van der Waals surface area contributed by atoms with Crippen LogP contribution in [0.1, 0.15) is 35.2 Å². The molecule has 1 aromatic rings. The topological polar surface area (TPSA) is 90.7 Å². The van der Waals surface area contributed by atoms with Crippen molar-refractivity contribution in [2.24, 2.45) is 5.73 Å². The van der Waals surface area contributed by atoms with Gasteiger partial charge in [-0.15, -0.1) is 0 Å². The summed E-state index contributed by atoms with van der Waals surface area (Å²) in [6, 6.07) is 6.75. The molecule has 0 spiro atoms. The number of amides is 2. The molecule has 0 radical (unpaired) electrons. The van der Waals surface area contributed by atoms with Gasteiger partial charge in [0.2, 0.25) is 5.91 Å². The van der Waals surface area contributed by atoms with Crippen molar-refractivity contribution in [3.8, 4) is 0 Å². The highest BCUT2D eigenvalue weighted by molar-refractivity contribution is 5.98. The maximum atomic E-state index is 12.6. The molecule has 130 valence electrons. The van der Waals surface area contributed by atoms with E-state index in [0.717, 1.165) is 18.4 Å². The summed E-state index contributed by atoms with van der Waals surface area (Å²) in [7, 11) is 0. The van der Waals surface area contributed by atoms with Crippen LogP contribution in [0, 0.1) is 0 Å². The lowest BCUT2D eigenvalue weighted by Crippen LogP contribution is -2.40. The molecule has 0 bridgehead atoms. The van der Waals surface area contributed by atoms with Gasteiger partial charge in [-0.1, -0.05) is 24.8 Å². The molecule has 3 N–H and O–H groups in total. The lowest BCUT2D eigenvalue weighted by atomic mass is 10.0. The normalized spacial score (nSPS) is 20.3. The van der Waals surface area contributed by atoms with Crippen LogP contribution in [0.15, 0.2) is 36.4 Å². The Morgan fingerprint density at radius 2 is 1.92 bits per heavy atom. The number of hydrogen-bond donors (Lipinski definition) is 2. The Morgan fingerprint density at radius 3 is 2.71 bits per heavy atom. The van der Waals surface area contributed by atoms with Crippen molar-refractivity contribution in [1.82, 2.24) is 5.32 Å². The minimum absolute atomic E-state index is 0.213. The van der Waals surface area contributed by atoms with Crippen molar-refractivity contribution in [2.45, 2.75) is 31.9 Å². The van der Waals surface area contributed by atoms with Gasteiger partial charge >= 0.3 is 0 Å². The van der Waals surface area contributed by atoms with E-state index in [1.807, 2.05) is 12.1 Å². The fourth-order valence-electron chi connectivity index (χ4n) is 2.56. The van der Waals surface area contributed by atoms with Gasteiger partial charge in [0.15, 0.2) is 0 Å². The number of ether oxygens (including phenoxy) is 2. The lowest BCUT2D eigenvalue weighted by molar-refractivity contribution is -0.114. The molecule has 1 aliphatic heterocycles. The van der Waals surface area contributed by atoms with Gasteiger partial charge in [0.25, 0.3) is 5.91 Å². The zero-order valence-electron chi connectivity index (χ0n) is 13.8. The van der Waals surface area contributed by atoms with Crippen LogP contribution >= 0.6 is 0 Å². The summed E-state index contributed by atoms with van der Waals surface area (Å²) in [5.41, 5.74) is 6.86. The third-order valence-electron chi connectivity index (χ3n) is 3.97. The van der Waals surface area contributed by atoms with E-state index in [4.69, 9.17) is 15.2 Å². The first-order valence-electron chi connectivity index (χ1n) is 8.12. The number of carbonyl (C=O) groups excluding carboxylic acids is 2. The Balaban J connectivity index is 2.20. The van der Waals surface area contributed by atoms with Gasteiger partial charge in [-0.2, -0.15) is 0 Å². The lowest BCUT2D eigenvalue weighted by Gasteiger charge is -2.21. The van der Waals surface area contributed by atoms with Crippen LogP contribution in [-0.2, 0) is 20.9 Å². The molecule has 2 amide bonds. The van der Waals surface area contributed by atoms with Crippen LogP contribution in [0.25, 0.3) is 0 Å². The molecule has 1 atom stereocenters. The Kier molecular flexibility index (Phi) is 6.96. The van der Waals surface area contributed by atoms with Crippen molar-refractivity contribution >= 4 is 11.8 Å². The Hall–Kier alpha value is -2.18. The highest BCUT2D eigenvalue weighted by atomic mass is 16.5. The van der Waals surface area contributed by atoms with Gasteiger partial charge < -0.3 is 20.5 Å². The van der Waals surface area contributed by atoms with E-state index in [9.17, 15) is 9.59 Å². The molecule has 2 rings (SSSR count). The molecule has 0 unspecified atom stereocenters. The van der Waals surface area contributed by atoms with Gasteiger partial charge in [-0.25, -0.2) is 0 Å². The molecular weight excluding hydrogens is 308 g/mol. The van der Waals surface area contributed by atoms with Gasteiger partial charge in [-0.05, 0) is 30.9 Å². The largest absolute Gasteiger partial charge is 0.379 e. The van der Waals surface area contributed by atoms with E-state index in [-0.39, 0.29) is 11.5 Å². The summed E-state index contributed by atoms with van der Waals surface area (Å²) < 4.78 is 11.1. The van der Waals surface area contributed by atoms with Crippen LogP contribution in [0.4, 0.5) is 0 Å². The first-order chi connectivity index (χ1) is 11.6. The number of benzene rings is 1. The molecule has 6 heteroatoms. The summed E-state index contributed by atoms with van der Waals surface area (Å²) in [4.78, 5) is 24.1.